The van der Waals surface area contributed by atoms with Gasteiger partial charge < -0.3 is 49.6 Å². The van der Waals surface area contributed by atoms with E-state index in [0.717, 1.165) is 37.3 Å². The van der Waals surface area contributed by atoms with Crippen molar-refractivity contribution < 1.29 is 54.4 Å². The van der Waals surface area contributed by atoms with Crippen molar-refractivity contribution in [3.05, 3.63) is 36.0 Å². The van der Waals surface area contributed by atoms with Crippen LogP contribution in [0.5, 0.6) is 0 Å². The highest BCUT2D eigenvalue weighted by Crippen LogP contribution is 2.31. The summed E-state index contributed by atoms with van der Waals surface area (Å²) in [7, 11) is 3.32. The van der Waals surface area contributed by atoms with Crippen LogP contribution >= 0.6 is 0 Å². The van der Waals surface area contributed by atoms with Crippen LogP contribution in [0.3, 0.4) is 0 Å². The molecular formula is C39H68O11. The first kappa shape index (κ1) is 44.5. The lowest BCUT2D eigenvalue weighted by Gasteiger charge is -2.37. The van der Waals surface area contributed by atoms with E-state index in [2.05, 4.69) is 6.92 Å². The summed E-state index contributed by atoms with van der Waals surface area (Å²) in [6, 6.07) is 0. The zero-order valence-electron chi connectivity index (χ0n) is 31.6. The molecule has 15 atom stereocenters. The number of methoxy groups -OCH3 is 2. The first-order valence-corrected chi connectivity index (χ1v) is 18.6. The van der Waals surface area contributed by atoms with E-state index >= 15 is 0 Å². The Hall–Kier alpha value is -1.67. The van der Waals surface area contributed by atoms with Gasteiger partial charge in [0.05, 0.1) is 67.1 Å². The molecule has 290 valence electrons. The topological polar surface area (TPSA) is 175 Å². The zero-order valence-corrected chi connectivity index (χ0v) is 31.6. The number of carbonyl (C=O) groups is 1. The van der Waals surface area contributed by atoms with Crippen molar-refractivity contribution in [3.8, 4) is 0 Å². The van der Waals surface area contributed by atoms with Crippen molar-refractivity contribution >= 4 is 5.97 Å². The van der Waals surface area contributed by atoms with Crippen molar-refractivity contribution in [3.63, 3.8) is 0 Å². The number of ether oxygens (including phenoxy) is 4. The molecule has 0 unspecified atom stereocenters. The first-order valence-electron chi connectivity index (χ1n) is 18.6. The van der Waals surface area contributed by atoms with E-state index in [-0.39, 0.29) is 54.9 Å². The summed E-state index contributed by atoms with van der Waals surface area (Å²) in [5.74, 6) is -2.50. The van der Waals surface area contributed by atoms with Gasteiger partial charge in [-0.25, -0.2) is 4.79 Å². The van der Waals surface area contributed by atoms with Gasteiger partial charge in [-0.2, -0.15) is 0 Å². The fourth-order valence-corrected chi connectivity index (χ4v) is 7.31. The Balaban J connectivity index is 1.84. The predicted molar refractivity (Wildman–Crippen MR) is 193 cm³/mol. The number of rotatable bonds is 22. The second-order valence-electron chi connectivity index (χ2n) is 15.1. The number of allylic oxidation sites excluding steroid dienone is 2. The van der Waals surface area contributed by atoms with Crippen LogP contribution < -0.4 is 0 Å². The molecule has 0 amide bonds. The number of aliphatic hydroxyl groups is 5. The largest absolute Gasteiger partial charge is 0.478 e. The van der Waals surface area contributed by atoms with E-state index in [1.165, 1.54) is 6.08 Å². The van der Waals surface area contributed by atoms with Gasteiger partial charge in [0, 0.05) is 50.9 Å². The number of aliphatic carboxylic acids is 1. The Labute approximate surface area is 300 Å². The molecular weight excluding hydrogens is 644 g/mol. The lowest BCUT2D eigenvalue weighted by molar-refractivity contribution is -0.131. The third kappa shape index (κ3) is 15.1. The number of hydrogen-bond donors (Lipinski definition) is 6. The molecule has 1 saturated heterocycles. The van der Waals surface area contributed by atoms with Crippen LogP contribution in [0.2, 0.25) is 0 Å². The van der Waals surface area contributed by atoms with Crippen LogP contribution in [0, 0.1) is 23.7 Å². The molecule has 0 aliphatic carbocycles. The molecule has 1 fully saturated rings. The highest BCUT2D eigenvalue weighted by molar-refractivity contribution is 5.80. The number of hydrogen-bond acceptors (Lipinski definition) is 10. The van der Waals surface area contributed by atoms with Gasteiger partial charge in [-0.05, 0) is 64.7 Å². The molecule has 2 aliphatic rings. The summed E-state index contributed by atoms with van der Waals surface area (Å²) in [5, 5.41) is 63.8. The molecule has 0 aromatic carbocycles. The molecule has 0 radical (unpaired) electrons. The summed E-state index contributed by atoms with van der Waals surface area (Å²) in [6.07, 6.45) is 8.81. The molecule has 0 aromatic rings. The standard InChI is InChI=1S/C39H68O11/c1-23(13-17-37(43)44)12-15-29(40)19-30-10-9-11-31(50-30)21-36(48-8)26(4)34(41)22-35(42)27(5)39(46)28(6)38(45)24(2)14-16-32-20-33(47-7)18-25(3)49-32/h9-10,12-13,17,24-36,38-42,45-46H,11,14-16,18-22H2,1-8H3,(H,43,44)/b17-13+,23-12+/t24-,25-,26-,27-,28-,29-,30-,31-,32-,33+,34-,35+,36-,38-,39-/m0/s1. The molecule has 6 N–H and O–H groups in total. The summed E-state index contributed by atoms with van der Waals surface area (Å²) in [5.41, 5.74) is 0.753. The van der Waals surface area contributed by atoms with E-state index in [1.54, 1.807) is 41.1 Å². The van der Waals surface area contributed by atoms with Gasteiger partial charge in [-0.3, -0.25) is 0 Å². The molecule has 0 aromatic heterocycles. The van der Waals surface area contributed by atoms with Gasteiger partial charge in [-0.1, -0.05) is 57.6 Å². The van der Waals surface area contributed by atoms with E-state index in [1.807, 2.05) is 26.0 Å². The van der Waals surface area contributed by atoms with Crippen molar-refractivity contribution in [1.82, 2.24) is 0 Å². The van der Waals surface area contributed by atoms with Crippen molar-refractivity contribution in [1.29, 1.82) is 0 Å². The average Bonchev–Trinajstić information content (AvgIpc) is 3.09. The number of carboxylic acids is 1. The molecule has 0 saturated carbocycles. The second kappa shape index (κ2) is 22.4. The van der Waals surface area contributed by atoms with Crippen molar-refractivity contribution in [2.75, 3.05) is 14.2 Å². The van der Waals surface area contributed by atoms with E-state index in [4.69, 9.17) is 24.1 Å². The summed E-state index contributed by atoms with van der Waals surface area (Å²) in [6.45, 7) is 11.2. The van der Waals surface area contributed by atoms with Gasteiger partial charge in [-0.15, -0.1) is 0 Å². The van der Waals surface area contributed by atoms with Crippen molar-refractivity contribution in [2.45, 2.75) is 166 Å². The van der Waals surface area contributed by atoms with Crippen LogP contribution in [0.4, 0.5) is 0 Å². The summed E-state index contributed by atoms with van der Waals surface area (Å²) < 4.78 is 23.7. The fraction of sp³-hybridized carbons (Fsp3) is 0.821. The van der Waals surface area contributed by atoms with E-state index in [9.17, 15) is 30.3 Å². The minimum absolute atomic E-state index is 0.0460. The van der Waals surface area contributed by atoms with Crippen LogP contribution in [0.25, 0.3) is 0 Å². The van der Waals surface area contributed by atoms with Crippen LogP contribution in [-0.2, 0) is 23.7 Å². The number of carboxylic acid groups (broad SMARTS) is 1. The normalized spacial score (nSPS) is 29.5. The van der Waals surface area contributed by atoms with Gasteiger partial charge in [0.1, 0.15) is 0 Å². The van der Waals surface area contributed by atoms with Crippen molar-refractivity contribution in [2.24, 2.45) is 23.7 Å². The maximum atomic E-state index is 11.2. The average molecular weight is 713 g/mol. The second-order valence-corrected chi connectivity index (χ2v) is 15.1. The van der Waals surface area contributed by atoms with E-state index < -0.39 is 48.3 Å². The maximum absolute atomic E-state index is 11.2. The van der Waals surface area contributed by atoms with E-state index in [0.29, 0.717) is 25.7 Å². The number of aliphatic hydroxyl groups excluding tert-OH is 5. The summed E-state index contributed by atoms with van der Waals surface area (Å²) >= 11 is 0. The lowest BCUT2D eigenvalue weighted by Crippen LogP contribution is -2.43. The molecule has 2 rings (SSSR count). The molecule has 0 spiro atoms. The molecule has 2 aliphatic heterocycles. The fourth-order valence-electron chi connectivity index (χ4n) is 7.31. The van der Waals surface area contributed by atoms with Crippen LogP contribution in [0.1, 0.15) is 99.3 Å². The highest BCUT2D eigenvalue weighted by Gasteiger charge is 2.37. The smallest absolute Gasteiger partial charge is 0.328 e. The monoisotopic (exact) mass is 712 g/mol. The lowest BCUT2D eigenvalue weighted by atomic mass is 9.79. The molecule has 11 heteroatoms. The minimum Gasteiger partial charge on any atom is -0.478 e. The molecule has 11 nitrogen and oxygen atoms in total. The Morgan fingerprint density at radius 2 is 1.58 bits per heavy atom. The van der Waals surface area contributed by atoms with Gasteiger partial charge >= 0.3 is 5.97 Å². The third-order valence-corrected chi connectivity index (χ3v) is 10.9. The van der Waals surface area contributed by atoms with Crippen LogP contribution in [-0.4, -0.2) is 118 Å². The molecule has 50 heavy (non-hydrogen) atoms. The Morgan fingerprint density at radius 3 is 2.22 bits per heavy atom. The third-order valence-electron chi connectivity index (χ3n) is 10.9. The minimum atomic E-state index is -1.02. The molecule has 2 heterocycles. The SMILES string of the molecule is CO[C@H]1C[C@H](CC[C@H](C)[C@H](O)[C@H](C)[C@@H](O)[C@@H](C)[C@H](O)C[C@H](O)[C@H](C)[C@H](C[C@@H]2CC=C[C@@H](C[C@@H](O)C/C=C(C)/C=C/C(=O)O)O2)OC)O[C@@H](C)C1. The van der Waals surface area contributed by atoms with Gasteiger partial charge in [0.2, 0.25) is 0 Å². The molecule has 0 bridgehead atoms. The van der Waals surface area contributed by atoms with Crippen LogP contribution in [0.15, 0.2) is 36.0 Å². The Bertz CT molecular complexity index is 1060. The predicted octanol–water partition coefficient (Wildman–Crippen LogP) is 4.57. The highest BCUT2D eigenvalue weighted by atomic mass is 16.5. The summed E-state index contributed by atoms with van der Waals surface area (Å²) in [4.78, 5) is 10.7. The Morgan fingerprint density at radius 1 is 0.900 bits per heavy atom. The maximum Gasteiger partial charge on any atom is 0.328 e. The van der Waals surface area contributed by atoms with Gasteiger partial charge in [0.15, 0.2) is 0 Å². The zero-order chi connectivity index (χ0) is 37.5. The Kier molecular flexibility index (Phi) is 19.9. The first-order chi connectivity index (χ1) is 23.6. The van der Waals surface area contributed by atoms with Gasteiger partial charge in [0.25, 0.3) is 0 Å². The quantitative estimate of drug-likeness (QED) is 0.0527.